The highest BCUT2D eigenvalue weighted by atomic mass is 16.5. The van der Waals surface area contributed by atoms with Crippen molar-refractivity contribution in [1.82, 2.24) is 5.32 Å². The quantitative estimate of drug-likeness (QED) is 0.549. The highest BCUT2D eigenvalue weighted by Gasteiger charge is 2.25. The molecule has 1 atom stereocenters. The van der Waals surface area contributed by atoms with Crippen LogP contribution in [0.3, 0.4) is 0 Å². The van der Waals surface area contributed by atoms with Crippen LogP contribution in [-0.4, -0.2) is 23.9 Å². The summed E-state index contributed by atoms with van der Waals surface area (Å²) in [6, 6.07) is 15.4. The monoisotopic (exact) mass is 425 g/mol. The number of alkyl carbamates (subject to hydrolysis) is 1. The minimum Gasteiger partial charge on any atom is -0.445 e. The van der Waals surface area contributed by atoms with E-state index in [4.69, 9.17) is 4.74 Å². The third-order valence-electron chi connectivity index (χ3n) is 4.47. The Morgan fingerprint density at radius 3 is 1.97 bits per heavy atom. The van der Waals surface area contributed by atoms with Gasteiger partial charge in [0, 0.05) is 17.8 Å². The molecule has 31 heavy (non-hydrogen) atoms. The van der Waals surface area contributed by atoms with Gasteiger partial charge in [0.2, 0.25) is 11.8 Å². The molecule has 0 aliphatic heterocycles. The number of hydrogen-bond donors (Lipinski definition) is 3. The molecule has 2 aromatic rings. The highest BCUT2D eigenvalue weighted by molar-refractivity contribution is 5.97. The first kappa shape index (κ1) is 23.9. The van der Waals surface area contributed by atoms with Crippen molar-refractivity contribution < 1.29 is 19.1 Å². The van der Waals surface area contributed by atoms with Crippen molar-refractivity contribution in [2.45, 2.75) is 46.8 Å². The Bertz CT molecular complexity index is 864. The molecule has 0 saturated heterocycles. The molecule has 3 amide bonds. The van der Waals surface area contributed by atoms with Gasteiger partial charge >= 0.3 is 6.09 Å². The Balaban J connectivity index is 1.89. The molecule has 0 radical (unpaired) electrons. The molecule has 0 unspecified atom stereocenters. The van der Waals surface area contributed by atoms with Gasteiger partial charge in [-0.15, -0.1) is 0 Å². The van der Waals surface area contributed by atoms with Gasteiger partial charge in [0.1, 0.15) is 12.6 Å². The average Bonchev–Trinajstić information content (AvgIpc) is 2.71. The number of carbonyl (C=O) groups is 3. The molecule has 0 heterocycles. The van der Waals surface area contributed by atoms with Crippen LogP contribution in [0.5, 0.6) is 0 Å². The number of rotatable bonds is 9. The zero-order valence-electron chi connectivity index (χ0n) is 18.5. The molecular formula is C24H31N3O4. The molecule has 7 nitrogen and oxygen atoms in total. The molecule has 0 spiro atoms. The Hall–Kier alpha value is -3.35. The molecule has 0 aliphatic carbocycles. The van der Waals surface area contributed by atoms with Gasteiger partial charge in [-0.05, 0) is 41.7 Å². The Morgan fingerprint density at radius 2 is 1.42 bits per heavy atom. The lowest BCUT2D eigenvalue weighted by atomic mass is 10.0. The van der Waals surface area contributed by atoms with Crippen LogP contribution >= 0.6 is 0 Å². The summed E-state index contributed by atoms with van der Waals surface area (Å²) < 4.78 is 5.22. The van der Waals surface area contributed by atoms with E-state index in [-0.39, 0.29) is 30.3 Å². The van der Waals surface area contributed by atoms with Gasteiger partial charge in [0.25, 0.3) is 0 Å². The second-order valence-electron chi connectivity index (χ2n) is 8.14. The lowest BCUT2D eigenvalue weighted by Crippen LogP contribution is -2.47. The maximum Gasteiger partial charge on any atom is 0.408 e. The smallest absolute Gasteiger partial charge is 0.408 e. The molecule has 2 rings (SSSR count). The normalized spacial score (nSPS) is 11.7. The summed E-state index contributed by atoms with van der Waals surface area (Å²) in [4.78, 5) is 36.7. The van der Waals surface area contributed by atoms with Crippen LogP contribution in [-0.2, 0) is 20.9 Å². The summed E-state index contributed by atoms with van der Waals surface area (Å²) in [6.45, 7) is 7.77. The second kappa shape index (κ2) is 11.7. The second-order valence-corrected chi connectivity index (χ2v) is 8.14. The lowest BCUT2D eigenvalue weighted by Gasteiger charge is -2.21. The van der Waals surface area contributed by atoms with Crippen LogP contribution in [0.25, 0.3) is 0 Å². The molecule has 0 bridgehead atoms. The third-order valence-corrected chi connectivity index (χ3v) is 4.47. The number of hydrogen-bond acceptors (Lipinski definition) is 4. The van der Waals surface area contributed by atoms with Gasteiger partial charge in [-0.25, -0.2) is 4.79 Å². The van der Waals surface area contributed by atoms with Gasteiger partial charge in [-0.1, -0.05) is 58.0 Å². The zero-order valence-corrected chi connectivity index (χ0v) is 18.5. The predicted molar refractivity (Wildman–Crippen MR) is 122 cm³/mol. The zero-order chi connectivity index (χ0) is 22.8. The molecule has 7 heteroatoms. The summed E-state index contributed by atoms with van der Waals surface area (Å²) in [5.74, 6) is -0.259. The van der Waals surface area contributed by atoms with E-state index in [0.717, 1.165) is 5.56 Å². The summed E-state index contributed by atoms with van der Waals surface area (Å²) in [7, 11) is 0. The number of anilines is 2. The number of carbonyl (C=O) groups excluding carboxylic acids is 3. The molecule has 166 valence electrons. The molecule has 0 aliphatic rings. The highest BCUT2D eigenvalue weighted by Crippen LogP contribution is 2.16. The Labute approximate surface area is 183 Å². The van der Waals surface area contributed by atoms with Gasteiger partial charge in [0.15, 0.2) is 0 Å². The fourth-order valence-electron chi connectivity index (χ4n) is 2.87. The number of ether oxygens (including phenoxy) is 1. The standard InChI is InChI=1S/C24H31N3O4/c1-16(2)14-21(28)25-19-10-12-20(13-11-19)26-23(29)22(17(3)4)27-24(30)31-15-18-8-6-5-7-9-18/h5-13,16-17,22H,14-15H2,1-4H3,(H,25,28)(H,26,29)(H,27,30)/t22-/m0/s1. The number of benzene rings is 2. The van der Waals surface area contributed by atoms with Crippen molar-refractivity contribution in [2.75, 3.05) is 10.6 Å². The molecule has 3 N–H and O–H groups in total. The molecule has 2 aromatic carbocycles. The van der Waals surface area contributed by atoms with Gasteiger partial charge in [-0.3, -0.25) is 9.59 Å². The van der Waals surface area contributed by atoms with E-state index >= 15 is 0 Å². The van der Waals surface area contributed by atoms with Crippen molar-refractivity contribution in [3.8, 4) is 0 Å². The van der Waals surface area contributed by atoms with E-state index in [9.17, 15) is 14.4 Å². The maximum atomic E-state index is 12.7. The lowest BCUT2D eigenvalue weighted by molar-refractivity contribution is -0.119. The summed E-state index contributed by atoms with van der Waals surface area (Å²) in [5.41, 5.74) is 2.09. The maximum absolute atomic E-state index is 12.7. The minimum absolute atomic E-state index is 0.0510. The van der Waals surface area contributed by atoms with Crippen LogP contribution in [0.1, 0.15) is 39.7 Å². The molecule has 0 saturated carbocycles. The summed E-state index contributed by atoms with van der Waals surface area (Å²) >= 11 is 0. The van der Waals surface area contributed by atoms with Gasteiger partial charge in [0.05, 0.1) is 0 Å². The molecule has 0 fully saturated rings. The van der Waals surface area contributed by atoms with Crippen molar-refractivity contribution in [3.63, 3.8) is 0 Å². The fraction of sp³-hybridized carbons (Fsp3) is 0.375. The van der Waals surface area contributed by atoms with Crippen molar-refractivity contribution in [1.29, 1.82) is 0 Å². The number of amides is 3. The predicted octanol–water partition coefficient (Wildman–Crippen LogP) is 4.56. The van der Waals surface area contributed by atoms with E-state index in [2.05, 4.69) is 16.0 Å². The van der Waals surface area contributed by atoms with Crippen molar-refractivity contribution in [2.24, 2.45) is 11.8 Å². The molecule has 0 aromatic heterocycles. The van der Waals surface area contributed by atoms with E-state index in [1.54, 1.807) is 24.3 Å². The fourth-order valence-corrected chi connectivity index (χ4v) is 2.87. The van der Waals surface area contributed by atoms with E-state index in [1.807, 2.05) is 58.0 Å². The van der Waals surface area contributed by atoms with Gasteiger partial charge in [-0.2, -0.15) is 0 Å². The Morgan fingerprint density at radius 1 is 0.839 bits per heavy atom. The number of nitrogens with one attached hydrogen (secondary N) is 3. The van der Waals surface area contributed by atoms with Crippen molar-refractivity contribution >= 4 is 29.3 Å². The summed E-state index contributed by atoms with van der Waals surface area (Å²) in [5, 5.41) is 8.25. The van der Waals surface area contributed by atoms with Crippen LogP contribution in [0, 0.1) is 11.8 Å². The van der Waals surface area contributed by atoms with E-state index < -0.39 is 12.1 Å². The third kappa shape index (κ3) is 8.50. The largest absolute Gasteiger partial charge is 0.445 e. The van der Waals surface area contributed by atoms with Gasteiger partial charge < -0.3 is 20.7 Å². The SMILES string of the molecule is CC(C)CC(=O)Nc1ccc(NC(=O)[C@@H](NC(=O)OCc2ccccc2)C(C)C)cc1. The average molecular weight is 426 g/mol. The van der Waals surface area contributed by atoms with Crippen LogP contribution in [0.2, 0.25) is 0 Å². The summed E-state index contributed by atoms with van der Waals surface area (Å²) in [6.07, 6.45) is -0.207. The van der Waals surface area contributed by atoms with E-state index in [0.29, 0.717) is 17.8 Å². The van der Waals surface area contributed by atoms with Crippen LogP contribution in [0.15, 0.2) is 54.6 Å². The first-order valence-corrected chi connectivity index (χ1v) is 10.4. The van der Waals surface area contributed by atoms with Crippen LogP contribution < -0.4 is 16.0 Å². The Kier molecular flexibility index (Phi) is 9.06. The first-order chi connectivity index (χ1) is 14.7. The minimum atomic E-state index is -0.756. The van der Waals surface area contributed by atoms with E-state index in [1.165, 1.54) is 0 Å². The first-order valence-electron chi connectivity index (χ1n) is 10.4. The van der Waals surface area contributed by atoms with Crippen LogP contribution in [0.4, 0.5) is 16.2 Å². The topological polar surface area (TPSA) is 96.5 Å². The van der Waals surface area contributed by atoms with Crippen molar-refractivity contribution in [3.05, 3.63) is 60.2 Å². The molecular weight excluding hydrogens is 394 g/mol.